The Hall–Kier alpha value is -1.82. The van der Waals surface area contributed by atoms with Crippen LogP contribution in [0.2, 0.25) is 0 Å². The molecule has 2 aromatic rings. The summed E-state index contributed by atoms with van der Waals surface area (Å²) in [5.74, 6) is -0.302. The highest BCUT2D eigenvalue weighted by atomic mass is 79.9. The molecule has 0 bridgehead atoms. The fraction of sp³-hybridized carbons (Fsp3) is 0.167. The summed E-state index contributed by atoms with van der Waals surface area (Å²) in [7, 11) is 0. The number of benzene rings is 1. The summed E-state index contributed by atoms with van der Waals surface area (Å²) in [6.07, 6.45) is 0. The third-order valence-corrected chi connectivity index (χ3v) is 3.12. The maximum atomic E-state index is 11.6. The second-order valence-corrected chi connectivity index (χ2v) is 4.84. The highest BCUT2D eigenvalue weighted by Gasteiger charge is 2.10. The number of aromatic nitrogens is 2. The highest BCUT2D eigenvalue weighted by molar-refractivity contribution is 9.10. The van der Waals surface area contributed by atoms with Crippen LogP contribution in [0.1, 0.15) is 11.1 Å². The molecule has 0 fully saturated rings. The van der Waals surface area contributed by atoms with E-state index in [1.807, 2.05) is 24.3 Å². The van der Waals surface area contributed by atoms with Crippen molar-refractivity contribution in [2.24, 2.45) is 0 Å². The first-order chi connectivity index (χ1) is 8.49. The molecule has 6 heteroatoms. The van der Waals surface area contributed by atoms with Gasteiger partial charge in [0, 0.05) is 4.47 Å². The Kier molecular flexibility index (Phi) is 3.38. The van der Waals surface area contributed by atoms with E-state index in [2.05, 4.69) is 20.9 Å². The molecule has 0 aliphatic carbocycles. The van der Waals surface area contributed by atoms with Crippen molar-refractivity contribution in [3.8, 4) is 5.88 Å². The van der Waals surface area contributed by atoms with Gasteiger partial charge in [-0.15, -0.1) is 0 Å². The molecular formula is C12H11BrN2O3. The Labute approximate surface area is 111 Å². The lowest BCUT2D eigenvalue weighted by Gasteiger charge is -2.09. The topological polar surface area (TPSA) is 75.1 Å². The standard InChI is InChI=1S/C12H11BrN2O3/c1-7-10(16)14-12(18)15(11(7)17)6-8-3-2-4-9(13)5-8/h2-5,17H,6H2,1H3,(H,14,16,18). The Morgan fingerprint density at radius 2 is 2.11 bits per heavy atom. The maximum Gasteiger partial charge on any atom is 0.331 e. The van der Waals surface area contributed by atoms with Gasteiger partial charge >= 0.3 is 5.69 Å². The largest absolute Gasteiger partial charge is 0.494 e. The number of halogens is 1. The summed E-state index contributed by atoms with van der Waals surface area (Å²) in [6.45, 7) is 1.66. The molecule has 0 unspecified atom stereocenters. The van der Waals surface area contributed by atoms with E-state index in [9.17, 15) is 14.7 Å². The quantitative estimate of drug-likeness (QED) is 0.879. The van der Waals surface area contributed by atoms with Crippen molar-refractivity contribution in [3.63, 3.8) is 0 Å². The minimum Gasteiger partial charge on any atom is -0.494 e. The van der Waals surface area contributed by atoms with Gasteiger partial charge in [0.2, 0.25) is 5.88 Å². The molecule has 0 saturated carbocycles. The highest BCUT2D eigenvalue weighted by Crippen LogP contribution is 2.15. The van der Waals surface area contributed by atoms with Gasteiger partial charge in [0.05, 0.1) is 12.1 Å². The Morgan fingerprint density at radius 3 is 2.78 bits per heavy atom. The first kappa shape index (κ1) is 12.6. The first-order valence-corrected chi connectivity index (χ1v) is 6.05. The van der Waals surface area contributed by atoms with E-state index >= 15 is 0 Å². The van der Waals surface area contributed by atoms with Crippen LogP contribution < -0.4 is 11.2 Å². The summed E-state index contributed by atoms with van der Waals surface area (Å²) >= 11 is 3.33. The number of nitrogens with zero attached hydrogens (tertiary/aromatic N) is 1. The molecule has 1 aromatic heterocycles. The van der Waals surface area contributed by atoms with Gasteiger partial charge in [-0.25, -0.2) is 4.79 Å². The molecule has 1 heterocycles. The van der Waals surface area contributed by atoms with Crippen molar-refractivity contribution in [1.29, 1.82) is 0 Å². The Bertz CT molecular complexity index is 703. The average Bonchev–Trinajstić information content (AvgIpc) is 2.32. The van der Waals surface area contributed by atoms with Crippen LogP contribution >= 0.6 is 15.9 Å². The molecule has 0 atom stereocenters. The summed E-state index contributed by atoms with van der Waals surface area (Å²) in [4.78, 5) is 25.1. The number of rotatable bonds is 2. The smallest absolute Gasteiger partial charge is 0.331 e. The van der Waals surface area contributed by atoms with Crippen molar-refractivity contribution < 1.29 is 5.11 Å². The number of aromatic hydroxyl groups is 1. The lowest BCUT2D eigenvalue weighted by Crippen LogP contribution is -2.31. The predicted molar refractivity (Wildman–Crippen MR) is 71.0 cm³/mol. The van der Waals surface area contributed by atoms with Crippen molar-refractivity contribution in [1.82, 2.24) is 9.55 Å². The van der Waals surface area contributed by atoms with E-state index in [-0.39, 0.29) is 18.0 Å². The molecule has 0 saturated heterocycles. The molecule has 18 heavy (non-hydrogen) atoms. The van der Waals surface area contributed by atoms with Crippen molar-refractivity contribution >= 4 is 15.9 Å². The molecule has 5 nitrogen and oxygen atoms in total. The van der Waals surface area contributed by atoms with Crippen LogP contribution in [0.25, 0.3) is 0 Å². The van der Waals surface area contributed by atoms with Gasteiger partial charge < -0.3 is 5.11 Å². The van der Waals surface area contributed by atoms with Crippen LogP contribution in [-0.2, 0) is 6.54 Å². The fourth-order valence-electron chi connectivity index (χ4n) is 1.62. The summed E-state index contributed by atoms with van der Waals surface area (Å²) in [5, 5.41) is 9.82. The summed E-state index contributed by atoms with van der Waals surface area (Å²) < 4.78 is 2.01. The van der Waals surface area contributed by atoms with Crippen LogP contribution in [0.5, 0.6) is 5.88 Å². The van der Waals surface area contributed by atoms with E-state index in [1.165, 1.54) is 6.92 Å². The van der Waals surface area contributed by atoms with Gasteiger partial charge in [-0.3, -0.25) is 14.3 Å². The normalized spacial score (nSPS) is 10.6. The molecule has 94 valence electrons. The number of hydrogen-bond donors (Lipinski definition) is 2. The van der Waals surface area contributed by atoms with Crippen LogP contribution in [-0.4, -0.2) is 14.7 Å². The van der Waals surface area contributed by atoms with Crippen LogP contribution in [0, 0.1) is 6.92 Å². The van der Waals surface area contributed by atoms with E-state index < -0.39 is 11.2 Å². The molecule has 0 amide bonds. The zero-order valence-corrected chi connectivity index (χ0v) is 11.2. The lowest BCUT2D eigenvalue weighted by atomic mass is 10.2. The van der Waals surface area contributed by atoms with Crippen molar-refractivity contribution in [3.05, 3.63) is 60.7 Å². The Morgan fingerprint density at radius 1 is 1.39 bits per heavy atom. The van der Waals surface area contributed by atoms with Gasteiger partial charge in [0.25, 0.3) is 5.56 Å². The minimum absolute atomic E-state index is 0.129. The van der Waals surface area contributed by atoms with Gasteiger partial charge in [-0.05, 0) is 24.6 Å². The molecule has 0 aliphatic rings. The maximum absolute atomic E-state index is 11.6. The van der Waals surface area contributed by atoms with Crippen LogP contribution in [0.4, 0.5) is 0 Å². The lowest BCUT2D eigenvalue weighted by molar-refractivity contribution is 0.404. The zero-order valence-electron chi connectivity index (χ0n) is 9.61. The molecule has 2 rings (SSSR count). The Balaban J connectivity index is 2.50. The van der Waals surface area contributed by atoms with Gasteiger partial charge in [-0.1, -0.05) is 28.1 Å². The van der Waals surface area contributed by atoms with E-state index in [1.54, 1.807) is 0 Å². The molecular weight excluding hydrogens is 300 g/mol. The molecule has 2 N–H and O–H groups in total. The zero-order chi connectivity index (χ0) is 13.3. The molecule has 0 aliphatic heterocycles. The van der Waals surface area contributed by atoms with E-state index in [0.717, 1.165) is 14.6 Å². The predicted octanol–water partition coefficient (Wildman–Crippen LogP) is 1.36. The second kappa shape index (κ2) is 4.81. The monoisotopic (exact) mass is 310 g/mol. The summed E-state index contributed by atoms with van der Waals surface area (Å²) in [6, 6.07) is 7.37. The number of hydrogen-bond acceptors (Lipinski definition) is 3. The van der Waals surface area contributed by atoms with Crippen LogP contribution in [0.3, 0.4) is 0 Å². The first-order valence-electron chi connectivity index (χ1n) is 5.26. The average molecular weight is 311 g/mol. The van der Waals surface area contributed by atoms with Crippen LogP contribution in [0.15, 0.2) is 38.3 Å². The number of aromatic amines is 1. The molecule has 1 aromatic carbocycles. The summed E-state index contributed by atoms with van der Waals surface area (Å²) in [5.41, 5.74) is -0.219. The van der Waals surface area contributed by atoms with Crippen molar-refractivity contribution in [2.45, 2.75) is 13.5 Å². The van der Waals surface area contributed by atoms with E-state index in [0.29, 0.717) is 0 Å². The third kappa shape index (κ3) is 2.38. The number of H-pyrrole nitrogens is 1. The van der Waals surface area contributed by atoms with Gasteiger partial charge in [0.1, 0.15) is 0 Å². The third-order valence-electron chi connectivity index (χ3n) is 2.63. The molecule has 0 radical (unpaired) electrons. The van der Waals surface area contributed by atoms with Crippen molar-refractivity contribution in [2.75, 3.05) is 0 Å². The van der Waals surface area contributed by atoms with Gasteiger partial charge in [-0.2, -0.15) is 0 Å². The molecule has 0 spiro atoms. The van der Waals surface area contributed by atoms with E-state index in [4.69, 9.17) is 0 Å². The fourth-order valence-corrected chi connectivity index (χ4v) is 2.07. The van der Waals surface area contributed by atoms with Gasteiger partial charge in [0.15, 0.2) is 0 Å². The minimum atomic E-state index is -0.622. The number of nitrogens with one attached hydrogen (secondary N) is 1. The SMILES string of the molecule is Cc1c(O)n(Cc2cccc(Br)c2)c(=O)[nH]c1=O. The second-order valence-electron chi connectivity index (χ2n) is 3.92.